The highest BCUT2D eigenvalue weighted by molar-refractivity contribution is 7.87. The summed E-state index contributed by atoms with van der Waals surface area (Å²) in [6.07, 6.45) is -6.07. The summed E-state index contributed by atoms with van der Waals surface area (Å²) in [6, 6.07) is 0.961. The summed E-state index contributed by atoms with van der Waals surface area (Å²) in [5.74, 6) is -7.07. The summed E-state index contributed by atoms with van der Waals surface area (Å²) in [5, 5.41) is 0. The number of rotatable bonds is 3. The Bertz CT molecular complexity index is 621. The average Bonchev–Trinajstić information content (AvgIpc) is 2.25. The van der Waals surface area contributed by atoms with Gasteiger partial charge in [-0.2, -0.15) is 43.5 Å². The van der Waals surface area contributed by atoms with E-state index in [9.17, 15) is 43.5 Å². The third-order valence-electron chi connectivity index (χ3n) is 1.88. The molecule has 120 valence electrons. The summed E-state index contributed by atoms with van der Waals surface area (Å²) >= 11 is 0. The molecule has 1 rings (SSSR count). The Morgan fingerprint density at radius 3 is 1.90 bits per heavy atom. The molecule has 0 aliphatic rings. The van der Waals surface area contributed by atoms with Crippen molar-refractivity contribution in [2.75, 3.05) is 0 Å². The first kappa shape index (κ1) is 17.4. The number of hydrogen-bond acceptors (Lipinski definition) is 4. The summed E-state index contributed by atoms with van der Waals surface area (Å²) < 4.78 is 122. The average molecular weight is 345 g/mol. The van der Waals surface area contributed by atoms with Crippen LogP contribution < -0.4 is 4.18 Å². The molecule has 0 aliphatic heterocycles. The standard InChI is InChI=1S/C8H3F8NO3S/c9-6(10,7(11,12)13)4-2-1-3-5(17-4)20-21(18,19)8(14,15)16/h1-3H. The maximum absolute atomic E-state index is 12.9. The molecule has 1 heterocycles. The van der Waals surface area contributed by atoms with Gasteiger partial charge in [0.05, 0.1) is 0 Å². The Morgan fingerprint density at radius 1 is 0.952 bits per heavy atom. The Morgan fingerprint density at radius 2 is 1.48 bits per heavy atom. The van der Waals surface area contributed by atoms with Crippen LogP contribution in [0.1, 0.15) is 5.69 Å². The lowest BCUT2D eigenvalue weighted by Crippen LogP contribution is -2.35. The van der Waals surface area contributed by atoms with E-state index in [1.807, 2.05) is 0 Å². The molecule has 0 unspecified atom stereocenters. The topological polar surface area (TPSA) is 56.3 Å². The van der Waals surface area contributed by atoms with Gasteiger partial charge >= 0.3 is 27.7 Å². The Hall–Kier alpha value is -1.66. The van der Waals surface area contributed by atoms with Crippen molar-refractivity contribution >= 4 is 10.1 Å². The van der Waals surface area contributed by atoms with Crippen LogP contribution in [0.25, 0.3) is 0 Å². The number of pyridine rings is 1. The molecule has 0 saturated carbocycles. The molecule has 1 aromatic rings. The lowest BCUT2D eigenvalue weighted by Gasteiger charge is -2.19. The van der Waals surface area contributed by atoms with Crippen LogP contribution in [0.4, 0.5) is 35.1 Å². The molecular weight excluding hydrogens is 342 g/mol. The summed E-state index contributed by atoms with van der Waals surface area (Å²) in [6.45, 7) is 0. The third-order valence-corrected chi connectivity index (χ3v) is 2.84. The van der Waals surface area contributed by atoms with Crippen LogP contribution in [0.2, 0.25) is 0 Å². The van der Waals surface area contributed by atoms with Gasteiger partial charge in [-0.15, -0.1) is 0 Å². The van der Waals surface area contributed by atoms with Crippen LogP contribution in [0, 0.1) is 0 Å². The molecule has 0 radical (unpaired) electrons. The minimum Gasteiger partial charge on any atom is -0.355 e. The fourth-order valence-corrected chi connectivity index (χ4v) is 1.35. The van der Waals surface area contributed by atoms with Crippen LogP contribution in [0.5, 0.6) is 5.88 Å². The molecule has 13 heteroatoms. The van der Waals surface area contributed by atoms with Gasteiger partial charge in [0.1, 0.15) is 5.69 Å². The van der Waals surface area contributed by atoms with Crippen LogP contribution in [0.3, 0.4) is 0 Å². The smallest absolute Gasteiger partial charge is 0.355 e. The van der Waals surface area contributed by atoms with Crippen molar-refractivity contribution in [1.82, 2.24) is 4.98 Å². The zero-order valence-corrected chi connectivity index (χ0v) is 10.2. The lowest BCUT2D eigenvalue weighted by atomic mass is 10.2. The van der Waals surface area contributed by atoms with Crippen molar-refractivity contribution in [2.24, 2.45) is 0 Å². The number of halogens is 8. The highest BCUT2D eigenvalue weighted by Crippen LogP contribution is 2.43. The quantitative estimate of drug-likeness (QED) is 0.480. The van der Waals surface area contributed by atoms with Gasteiger partial charge in [-0.25, -0.2) is 4.98 Å². The largest absolute Gasteiger partial charge is 0.534 e. The van der Waals surface area contributed by atoms with Crippen LogP contribution in [-0.2, 0) is 16.0 Å². The fraction of sp³-hybridized carbons (Fsp3) is 0.375. The van der Waals surface area contributed by atoms with Gasteiger partial charge in [-0.3, -0.25) is 0 Å². The minimum absolute atomic E-state index is 0.153. The summed E-state index contributed by atoms with van der Waals surface area (Å²) in [7, 11) is -6.24. The van der Waals surface area contributed by atoms with Crippen molar-refractivity contribution < 1.29 is 47.7 Å². The molecule has 0 spiro atoms. The maximum Gasteiger partial charge on any atom is 0.534 e. The van der Waals surface area contributed by atoms with E-state index in [1.165, 1.54) is 0 Å². The van der Waals surface area contributed by atoms with Gasteiger partial charge in [0.2, 0.25) is 5.88 Å². The van der Waals surface area contributed by atoms with E-state index >= 15 is 0 Å². The number of aromatic nitrogens is 1. The van der Waals surface area contributed by atoms with Gasteiger partial charge in [0.15, 0.2) is 0 Å². The molecule has 0 amide bonds. The van der Waals surface area contributed by atoms with Gasteiger partial charge in [-0.1, -0.05) is 6.07 Å². The first-order valence-electron chi connectivity index (χ1n) is 4.61. The molecular formula is C8H3F8NO3S. The second kappa shape index (κ2) is 4.96. The van der Waals surface area contributed by atoms with Gasteiger partial charge < -0.3 is 4.18 Å². The van der Waals surface area contributed by atoms with E-state index in [0.717, 1.165) is 0 Å². The Labute approximate surface area is 111 Å². The van der Waals surface area contributed by atoms with E-state index in [0.29, 0.717) is 12.1 Å². The maximum atomic E-state index is 12.9. The van der Waals surface area contributed by atoms with Crippen molar-refractivity contribution in [2.45, 2.75) is 17.6 Å². The van der Waals surface area contributed by atoms with E-state index in [-0.39, 0.29) is 6.07 Å². The second-order valence-electron chi connectivity index (χ2n) is 3.42. The van der Waals surface area contributed by atoms with E-state index in [2.05, 4.69) is 9.17 Å². The highest BCUT2D eigenvalue weighted by Gasteiger charge is 2.60. The molecule has 0 aromatic carbocycles. The summed E-state index contributed by atoms with van der Waals surface area (Å²) in [4.78, 5) is 2.44. The predicted molar refractivity (Wildman–Crippen MR) is 49.8 cm³/mol. The predicted octanol–water partition coefficient (Wildman–Crippen LogP) is 2.96. The van der Waals surface area contributed by atoms with Gasteiger partial charge in [0.25, 0.3) is 0 Å². The molecule has 1 aromatic heterocycles. The molecule has 0 atom stereocenters. The number of nitrogens with zero attached hydrogens (tertiary/aromatic N) is 1. The molecule has 0 saturated heterocycles. The summed E-state index contributed by atoms with van der Waals surface area (Å²) in [5.41, 5.74) is -7.90. The Balaban J connectivity index is 3.20. The first-order chi connectivity index (χ1) is 9.18. The number of alkyl halides is 8. The third kappa shape index (κ3) is 3.51. The molecule has 0 N–H and O–H groups in total. The van der Waals surface area contributed by atoms with Crippen molar-refractivity contribution in [1.29, 1.82) is 0 Å². The van der Waals surface area contributed by atoms with Gasteiger partial charge in [-0.05, 0) is 6.07 Å². The van der Waals surface area contributed by atoms with Crippen LogP contribution >= 0.6 is 0 Å². The van der Waals surface area contributed by atoms with Crippen LogP contribution in [0.15, 0.2) is 18.2 Å². The normalized spacial score (nSPS) is 14.1. The minimum atomic E-state index is -6.24. The molecule has 0 bridgehead atoms. The van der Waals surface area contributed by atoms with Crippen molar-refractivity contribution in [3.8, 4) is 5.88 Å². The molecule has 4 nitrogen and oxygen atoms in total. The van der Waals surface area contributed by atoms with Crippen molar-refractivity contribution in [3.05, 3.63) is 23.9 Å². The monoisotopic (exact) mass is 345 g/mol. The van der Waals surface area contributed by atoms with E-state index in [4.69, 9.17) is 0 Å². The second-order valence-corrected chi connectivity index (χ2v) is 4.95. The van der Waals surface area contributed by atoms with E-state index < -0.39 is 39.3 Å². The SMILES string of the molecule is O=S(=O)(Oc1cccc(C(F)(F)C(F)(F)F)n1)C(F)(F)F. The zero-order chi connectivity index (χ0) is 16.7. The molecule has 0 fully saturated rings. The van der Waals surface area contributed by atoms with Gasteiger partial charge in [0, 0.05) is 6.07 Å². The zero-order valence-electron chi connectivity index (χ0n) is 9.34. The molecule has 21 heavy (non-hydrogen) atoms. The highest BCUT2D eigenvalue weighted by atomic mass is 32.2. The van der Waals surface area contributed by atoms with Crippen LogP contribution in [-0.4, -0.2) is 25.1 Å². The fourth-order valence-electron chi connectivity index (χ4n) is 0.941. The number of hydrogen-bond donors (Lipinski definition) is 0. The molecule has 0 aliphatic carbocycles. The Kier molecular flexibility index (Phi) is 4.11. The lowest BCUT2D eigenvalue weighted by molar-refractivity contribution is -0.291. The van der Waals surface area contributed by atoms with E-state index in [1.54, 1.807) is 0 Å². The first-order valence-corrected chi connectivity index (χ1v) is 6.02. The van der Waals surface area contributed by atoms with Crippen molar-refractivity contribution in [3.63, 3.8) is 0 Å².